The van der Waals surface area contributed by atoms with Crippen LogP contribution in [0.3, 0.4) is 0 Å². The summed E-state index contributed by atoms with van der Waals surface area (Å²) in [6, 6.07) is 13.8. The van der Waals surface area contributed by atoms with Crippen LogP contribution in [0.15, 0.2) is 78.2 Å². The Kier molecular flexibility index (Phi) is 8.55. The van der Waals surface area contributed by atoms with Crippen LogP contribution in [0.5, 0.6) is 5.75 Å². The Morgan fingerprint density at radius 1 is 1.09 bits per heavy atom. The molecule has 0 bridgehead atoms. The molecule has 0 radical (unpaired) electrons. The van der Waals surface area contributed by atoms with Crippen LogP contribution >= 0.6 is 23.2 Å². The first-order valence-corrected chi connectivity index (χ1v) is 12.5. The fourth-order valence-electron chi connectivity index (χ4n) is 3.19. The molecule has 34 heavy (non-hydrogen) atoms. The van der Waals surface area contributed by atoms with Gasteiger partial charge in [-0.2, -0.15) is 8.42 Å². The van der Waals surface area contributed by atoms with Gasteiger partial charge in [-0.3, -0.25) is 4.18 Å². The maximum Gasteiger partial charge on any atom is 0.297 e. The van der Waals surface area contributed by atoms with E-state index in [1.165, 1.54) is 30.3 Å². The number of hydrogen-bond donors (Lipinski definition) is 0. The summed E-state index contributed by atoms with van der Waals surface area (Å²) in [5.41, 5.74) is 1.98. The largest absolute Gasteiger partial charge is 0.483 e. The molecule has 3 aromatic rings. The smallest absolute Gasteiger partial charge is 0.297 e. The summed E-state index contributed by atoms with van der Waals surface area (Å²) in [7, 11) is -4.03. The summed E-state index contributed by atoms with van der Waals surface area (Å²) in [5, 5.41) is 0.641. The van der Waals surface area contributed by atoms with Gasteiger partial charge in [-0.1, -0.05) is 65.7 Å². The third-order valence-corrected chi connectivity index (χ3v) is 6.76. The van der Waals surface area contributed by atoms with Gasteiger partial charge in [0.2, 0.25) is 0 Å². The second-order valence-corrected chi connectivity index (χ2v) is 9.87. The van der Waals surface area contributed by atoms with E-state index in [1.54, 1.807) is 42.5 Å². The van der Waals surface area contributed by atoms with Crippen molar-refractivity contribution in [2.24, 2.45) is 0 Å². The van der Waals surface area contributed by atoms with Crippen LogP contribution in [-0.2, 0) is 14.3 Å². The first-order valence-electron chi connectivity index (χ1n) is 10.3. The highest BCUT2D eigenvalue weighted by molar-refractivity contribution is 7.86. The van der Waals surface area contributed by atoms with Crippen LogP contribution in [0.25, 0.3) is 17.2 Å². The van der Waals surface area contributed by atoms with Gasteiger partial charge in [0.25, 0.3) is 10.1 Å². The minimum atomic E-state index is -4.03. The van der Waals surface area contributed by atoms with Crippen molar-refractivity contribution in [3.63, 3.8) is 0 Å². The molecule has 0 aromatic heterocycles. The van der Waals surface area contributed by atoms with Gasteiger partial charge in [0.15, 0.2) is 0 Å². The van der Waals surface area contributed by atoms with Crippen molar-refractivity contribution in [3.8, 4) is 16.9 Å². The highest BCUT2D eigenvalue weighted by Gasteiger charge is 2.23. The number of allylic oxidation sites excluding steroid dienone is 1. The van der Waals surface area contributed by atoms with Crippen LogP contribution in [0.4, 0.5) is 4.39 Å². The maximum absolute atomic E-state index is 15.1. The third kappa shape index (κ3) is 6.07. The number of benzene rings is 3. The number of hydrogen-bond acceptors (Lipinski definition) is 4. The minimum absolute atomic E-state index is 0.0231. The minimum Gasteiger partial charge on any atom is -0.483 e. The standard InChI is InChI=1S/C26H23Cl2FO4S/c1-4-6-18-9-14-24(29)25(22-13-10-19(27)15-23(22)28)26(18)33-20(5-2)16-32-34(30,31)21-11-7-17(3)8-12-21/h4-15,20H,2,16H2,1,3H3/t20-/m0/s1. The van der Waals surface area contributed by atoms with Crippen LogP contribution < -0.4 is 4.74 Å². The fraction of sp³-hybridized carbons (Fsp3) is 0.154. The molecular formula is C26H23Cl2FO4S. The predicted molar refractivity (Wildman–Crippen MR) is 135 cm³/mol. The van der Waals surface area contributed by atoms with E-state index in [4.69, 9.17) is 32.1 Å². The summed E-state index contributed by atoms with van der Waals surface area (Å²) in [6.45, 7) is 7.02. The number of aryl methyl sites for hydroxylation is 1. The summed E-state index contributed by atoms with van der Waals surface area (Å²) >= 11 is 12.4. The lowest BCUT2D eigenvalue weighted by atomic mass is 10.00. The lowest BCUT2D eigenvalue weighted by Gasteiger charge is -2.21. The Morgan fingerprint density at radius 2 is 1.79 bits per heavy atom. The second-order valence-electron chi connectivity index (χ2n) is 7.41. The molecule has 1 atom stereocenters. The molecule has 0 aliphatic heterocycles. The van der Waals surface area contributed by atoms with E-state index in [2.05, 4.69) is 6.58 Å². The van der Waals surface area contributed by atoms with Crippen molar-refractivity contribution >= 4 is 39.4 Å². The number of rotatable bonds is 9. The highest BCUT2D eigenvalue weighted by Crippen LogP contribution is 2.41. The first kappa shape index (κ1) is 26.0. The third-order valence-electron chi connectivity index (χ3n) is 4.91. The monoisotopic (exact) mass is 520 g/mol. The van der Waals surface area contributed by atoms with E-state index in [1.807, 2.05) is 13.8 Å². The van der Waals surface area contributed by atoms with Crippen molar-refractivity contribution in [2.75, 3.05) is 6.61 Å². The van der Waals surface area contributed by atoms with Gasteiger partial charge in [0, 0.05) is 16.1 Å². The molecule has 0 spiro atoms. The average Bonchev–Trinajstić information content (AvgIpc) is 2.79. The van der Waals surface area contributed by atoms with Crippen molar-refractivity contribution in [1.29, 1.82) is 0 Å². The summed E-state index contributed by atoms with van der Waals surface area (Å²) in [4.78, 5) is 0.0231. The van der Waals surface area contributed by atoms with Gasteiger partial charge >= 0.3 is 0 Å². The van der Waals surface area contributed by atoms with Crippen molar-refractivity contribution in [1.82, 2.24) is 0 Å². The SMILES string of the molecule is C=C[C@@H](COS(=O)(=O)c1ccc(C)cc1)Oc1c(C=CC)ccc(F)c1-c1ccc(Cl)cc1Cl. The van der Waals surface area contributed by atoms with Gasteiger partial charge in [-0.25, -0.2) is 4.39 Å². The predicted octanol–water partition coefficient (Wildman–Crippen LogP) is 7.48. The number of ether oxygens (including phenoxy) is 1. The summed E-state index contributed by atoms with van der Waals surface area (Å²) in [6.07, 6.45) is 4.00. The molecule has 0 heterocycles. The van der Waals surface area contributed by atoms with Gasteiger partial charge in [-0.05, 0) is 56.3 Å². The lowest BCUT2D eigenvalue weighted by Crippen LogP contribution is -2.23. The topological polar surface area (TPSA) is 52.6 Å². The Morgan fingerprint density at radius 3 is 2.41 bits per heavy atom. The molecule has 0 amide bonds. The first-order chi connectivity index (χ1) is 16.2. The summed E-state index contributed by atoms with van der Waals surface area (Å²) in [5.74, 6) is -0.396. The molecule has 0 N–H and O–H groups in total. The summed E-state index contributed by atoms with van der Waals surface area (Å²) < 4.78 is 51.5. The molecule has 0 aliphatic carbocycles. The van der Waals surface area contributed by atoms with E-state index in [-0.39, 0.29) is 27.8 Å². The van der Waals surface area contributed by atoms with E-state index >= 15 is 4.39 Å². The van der Waals surface area contributed by atoms with Gasteiger partial charge < -0.3 is 4.74 Å². The molecule has 178 valence electrons. The Labute approximate surface area is 209 Å². The molecule has 0 saturated heterocycles. The van der Waals surface area contributed by atoms with Gasteiger partial charge in [-0.15, -0.1) is 0 Å². The lowest BCUT2D eigenvalue weighted by molar-refractivity contribution is 0.168. The van der Waals surface area contributed by atoms with E-state index in [0.717, 1.165) is 5.56 Å². The van der Waals surface area contributed by atoms with E-state index in [9.17, 15) is 8.42 Å². The van der Waals surface area contributed by atoms with Crippen molar-refractivity contribution < 1.29 is 21.7 Å². The van der Waals surface area contributed by atoms with Crippen molar-refractivity contribution in [2.45, 2.75) is 24.8 Å². The molecule has 0 fully saturated rings. The quantitative estimate of drug-likeness (QED) is 0.216. The Hall–Kier alpha value is -2.64. The second kappa shape index (κ2) is 11.2. The molecular weight excluding hydrogens is 498 g/mol. The van der Waals surface area contributed by atoms with Gasteiger partial charge in [0.1, 0.15) is 24.3 Å². The Bertz CT molecular complexity index is 1320. The zero-order valence-electron chi connectivity index (χ0n) is 18.6. The average molecular weight is 521 g/mol. The normalized spacial score (nSPS) is 12.6. The van der Waals surface area contributed by atoms with Crippen LogP contribution in [0.2, 0.25) is 10.0 Å². The Balaban J connectivity index is 1.96. The molecule has 0 saturated carbocycles. The van der Waals surface area contributed by atoms with Gasteiger partial charge in [0.05, 0.1) is 15.5 Å². The van der Waals surface area contributed by atoms with Crippen LogP contribution in [0.1, 0.15) is 18.1 Å². The zero-order chi connectivity index (χ0) is 24.9. The zero-order valence-corrected chi connectivity index (χ0v) is 20.9. The number of halogens is 3. The van der Waals surface area contributed by atoms with Crippen molar-refractivity contribution in [3.05, 3.63) is 100 Å². The molecule has 3 rings (SSSR count). The molecule has 0 aliphatic rings. The molecule has 4 nitrogen and oxygen atoms in total. The van der Waals surface area contributed by atoms with Crippen LogP contribution in [0, 0.1) is 12.7 Å². The molecule has 8 heteroatoms. The fourth-order valence-corrected chi connectivity index (χ4v) is 4.61. The maximum atomic E-state index is 15.1. The van der Waals surface area contributed by atoms with Crippen LogP contribution in [-0.4, -0.2) is 21.1 Å². The molecule has 3 aromatic carbocycles. The van der Waals surface area contributed by atoms with E-state index < -0.39 is 22.0 Å². The highest BCUT2D eigenvalue weighted by atomic mass is 35.5. The van der Waals surface area contributed by atoms with E-state index in [0.29, 0.717) is 16.1 Å². The molecule has 0 unspecified atom stereocenters.